The maximum absolute atomic E-state index is 13.4. The lowest BCUT2D eigenvalue weighted by Crippen LogP contribution is -2.41. The first-order valence-electron chi connectivity index (χ1n) is 7.99. The Bertz CT molecular complexity index is 953. The molecule has 0 amide bonds. The van der Waals surface area contributed by atoms with Gasteiger partial charge in [-0.1, -0.05) is 48.0 Å². The smallest absolute Gasteiger partial charge is 0.330 e. The van der Waals surface area contributed by atoms with Crippen molar-refractivity contribution in [3.63, 3.8) is 0 Å². The minimum atomic E-state index is -3.92. The van der Waals surface area contributed by atoms with Crippen molar-refractivity contribution in [2.24, 2.45) is 0 Å². The van der Waals surface area contributed by atoms with Gasteiger partial charge in [-0.25, -0.2) is 13.2 Å². The number of rotatable bonds is 4. The van der Waals surface area contributed by atoms with Crippen LogP contribution in [-0.2, 0) is 19.6 Å². The van der Waals surface area contributed by atoms with E-state index in [4.69, 9.17) is 4.74 Å². The standard InChI is InChI=1S/C19H18INO4S/c1-13-8-10-15(11-9-13)26(23,24)21-17(19(22)25-2)12-16(20)18(21)14-6-4-3-5-7-14/h3-11,17H,12H2,1-2H3. The number of hydrogen-bond acceptors (Lipinski definition) is 4. The summed E-state index contributed by atoms with van der Waals surface area (Å²) in [4.78, 5) is 12.5. The zero-order valence-corrected chi connectivity index (χ0v) is 17.3. The van der Waals surface area contributed by atoms with Crippen LogP contribution in [0.2, 0.25) is 0 Å². The molecule has 1 atom stereocenters. The van der Waals surface area contributed by atoms with Gasteiger partial charge in [-0.2, -0.15) is 0 Å². The molecule has 136 valence electrons. The Hall–Kier alpha value is -1.87. The van der Waals surface area contributed by atoms with Crippen molar-refractivity contribution >= 4 is 44.3 Å². The van der Waals surface area contributed by atoms with Crippen molar-refractivity contribution in [1.29, 1.82) is 0 Å². The van der Waals surface area contributed by atoms with Crippen LogP contribution in [0.4, 0.5) is 0 Å². The number of sulfonamides is 1. The Morgan fingerprint density at radius 2 is 1.73 bits per heavy atom. The molecule has 2 aromatic carbocycles. The third-order valence-corrected chi connectivity index (χ3v) is 7.01. The molecule has 0 spiro atoms. The van der Waals surface area contributed by atoms with Gasteiger partial charge in [0.15, 0.2) is 0 Å². The summed E-state index contributed by atoms with van der Waals surface area (Å²) in [6.07, 6.45) is 0.294. The number of ether oxygens (including phenoxy) is 1. The molecule has 0 fully saturated rings. The van der Waals surface area contributed by atoms with Crippen molar-refractivity contribution in [3.05, 3.63) is 69.3 Å². The Kier molecular flexibility index (Phi) is 5.38. The van der Waals surface area contributed by atoms with Gasteiger partial charge in [0.05, 0.1) is 17.7 Å². The third-order valence-electron chi connectivity index (χ3n) is 4.23. The van der Waals surface area contributed by atoms with E-state index in [1.54, 1.807) is 24.3 Å². The predicted octanol–water partition coefficient (Wildman–Crippen LogP) is 3.73. The van der Waals surface area contributed by atoms with Crippen LogP contribution in [0, 0.1) is 6.92 Å². The summed E-state index contributed by atoms with van der Waals surface area (Å²) in [6, 6.07) is 14.9. The van der Waals surface area contributed by atoms with Gasteiger partial charge in [-0.15, -0.1) is 0 Å². The second kappa shape index (κ2) is 7.40. The van der Waals surface area contributed by atoms with E-state index in [0.717, 1.165) is 14.7 Å². The summed E-state index contributed by atoms with van der Waals surface area (Å²) in [5.74, 6) is -0.569. The number of benzene rings is 2. The lowest BCUT2D eigenvalue weighted by atomic mass is 10.1. The summed E-state index contributed by atoms with van der Waals surface area (Å²) < 4.78 is 33.7. The number of halogens is 1. The first-order valence-corrected chi connectivity index (χ1v) is 10.5. The van der Waals surface area contributed by atoms with Crippen molar-refractivity contribution < 1.29 is 17.9 Å². The van der Waals surface area contributed by atoms with Gasteiger partial charge in [-0.05, 0) is 47.2 Å². The van der Waals surface area contributed by atoms with Crippen LogP contribution in [0.1, 0.15) is 17.5 Å². The first kappa shape index (κ1) is 18.9. The molecule has 5 nitrogen and oxygen atoms in total. The van der Waals surface area contributed by atoms with Crippen LogP contribution in [0.5, 0.6) is 0 Å². The Morgan fingerprint density at radius 1 is 1.12 bits per heavy atom. The monoisotopic (exact) mass is 483 g/mol. The van der Waals surface area contributed by atoms with Gasteiger partial charge in [0, 0.05) is 10.0 Å². The molecule has 26 heavy (non-hydrogen) atoms. The van der Waals surface area contributed by atoms with Gasteiger partial charge in [0.25, 0.3) is 10.0 Å². The minimum absolute atomic E-state index is 0.150. The maximum Gasteiger partial charge on any atom is 0.330 e. The summed E-state index contributed by atoms with van der Waals surface area (Å²) in [7, 11) is -2.65. The molecule has 0 aliphatic carbocycles. The first-order chi connectivity index (χ1) is 12.4. The number of carbonyl (C=O) groups is 1. The number of nitrogens with zero attached hydrogens (tertiary/aromatic N) is 1. The fourth-order valence-corrected chi connectivity index (χ4v) is 5.74. The lowest BCUT2D eigenvalue weighted by molar-refractivity contribution is -0.144. The SMILES string of the molecule is COC(=O)C1CC(I)=C(c2ccccc2)N1S(=O)(=O)c1ccc(C)cc1. The Balaban J connectivity index is 2.17. The predicted molar refractivity (Wildman–Crippen MR) is 108 cm³/mol. The van der Waals surface area contributed by atoms with E-state index in [0.29, 0.717) is 12.1 Å². The van der Waals surface area contributed by atoms with Gasteiger partial charge < -0.3 is 4.74 Å². The van der Waals surface area contributed by atoms with E-state index in [1.807, 2.05) is 37.3 Å². The number of carbonyl (C=O) groups excluding carboxylic acids is 1. The van der Waals surface area contributed by atoms with Gasteiger partial charge in [0.2, 0.25) is 0 Å². The molecule has 0 bridgehead atoms. The molecule has 7 heteroatoms. The van der Waals surface area contributed by atoms with Crippen LogP contribution < -0.4 is 0 Å². The highest BCUT2D eigenvalue weighted by Gasteiger charge is 2.44. The largest absolute Gasteiger partial charge is 0.467 e. The highest BCUT2D eigenvalue weighted by Crippen LogP contribution is 2.42. The molecule has 0 saturated heterocycles. The molecule has 0 radical (unpaired) electrons. The number of hydrogen-bond donors (Lipinski definition) is 0. The van der Waals surface area contributed by atoms with Crippen LogP contribution in [0.25, 0.3) is 5.70 Å². The third kappa shape index (κ3) is 3.37. The molecule has 2 aromatic rings. The van der Waals surface area contributed by atoms with Crippen LogP contribution in [0.3, 0.4) is 0 Å². The summed E-state index contributed by atoms with van der Waals surface area (Å²) in [6.45, 7) is 1.89. The molecule has 0 saturated carbocycles. The quantitative estimate of drug-likeness (QED) is 0.491. The fourth-order valence-electron chi connectivity index (χ4n) is 2.93. The molecule has 3 rings (SSSR count). The highest BCUT2D eigenvalue weighted by molar-refractivity contribution is 14.1. The second-order valence-corrected chi connectivity index (χ2v) is 9.09. The molecule has 0 N–H and O–H groups in total. The van der Waals surface area contributed by atoms with Crippen molar-refractivity contribution in [2.75, 3.05) is 7.11 Å². The zero-order valence-electron chi connectivity index (χ0n) is 14.3. The van der Waals surface area contributed by atoms with Gasteiger partial charge >= 0.3 is 5.97 Å². The van der Waals surface area contributed by atoms with E-state index < -0.39 is 22.0 Å². The molecular weight excluding hydrogens is 465 g/mol. The lowest BCUT2D eigenvalue weighted by Gasteiger charge is -2.27. The zero-order chi connectivity index (χ0) is 18.9. The average molecular weight is 483 g/mol. The van der Waals surface area contributed by atoms with Crippen molar-refractivity contribution in [3.8, 4) is 0 Å². The number of aryl methyl sites for hydroxylation is 1. The molecule has 0 aromatic heterocycles. The molecule has 1 unspecified atom stereocenters. The molecule has 1 aliphatic heterocycles. The van der Waals surface area contributed by atoms with Crippen molar-refractivity contribution in [1.82, 2.24) is 4.31 Å². The second-order valence-electron chi connectivity index (χ2n) is 5.98. The van der Waals surface area contributed by atoms with E-state index in [2.05, 4.69) is 22.6 Å². The fraction of sp³-hybridized carbons (Fsp3) is 0.211. The minimum Gasteiger partial charge on any atom is -0.467 e. The highest BCUT2D eigenvalue weighted by atomic mass is 127. The summed E-state index contributed by atoms with van der Waals surface area (Å²) >= 11 is 2.11. The number of methoxy groups -OCH3 is 1. The molecule has 1 aliphatic rings. The van der Waals surface area contributed by atoms with E-state index in [-0.39, 0.29) is 4.90 Å². The van der Waals surface area contributed by atoms with Gasteiger partial charge in [0.1, 0.15) is 6.04 Å². The van der Waals surface area contributed by atoms with Crippen molar-refractivity contribution in [2.45, 2.75) is 24.3 Å². The average Bonchev–Trinajstić information content (AvgIpc) is 3.00. The van der Waals surface area contributed by atoms with Crippen LogP contribution >= 0.6 is 22.6 Å². The number of esters is 1. The summed E-state index contributed by atoms with van der Waals surface area (Å²) in [5, 5.41) is 0. The Morgan fingerprint density at radius 3 is 2.31 bits per heavy atom. The normalized spacial score (nSPS) is 17.5. The van der Waals surface area contributed by atoms with Gasteiger partial charge in [-0.3, -0.25) is 4.31 Å². The Labute approximate surface area is 166 Å². The van der Waals surface area contributed by atoms with E-state index >= 15 is 0 Å². The van der Waals surface area contributed by atoms with E-state index in [1.165, 1.54) is 11.4 Å². The maximum atomic E-state index is 13.4. The van der Waals surface area contributed by atoms with Crippen LogP contribution in [-0.4, -0.2) is 31.8 Å². The summed E-state index contributed by atoms with van der Waals surface area (Å²) in [5.41, 5.74) is 2.24. The van der Waals surface area contributed by atoms with E-state index in [9.17, 15) is 13.2 Å². The van der Waals surface area contributed by atoms with Crippen LogP contribution in [0.15, 0.2) is 63.1 Å². The molecule has 1 heterocycles. The molecular formula is C19H18INO4S. The topological polar surface area (TPSA) is 63.7 Å².